The van der Waals surface area contributed by atoms with Crippen LogP contribution in [0.15, 0.2) is 47.6 Å². The maximum absolute atomic E-state index is 13.3. The van der Waals surface area contributed by atoms with E-state index in [4.69, 9.17) is 0 Å². The number of halogens is 3. The number of carbonyl (C=O) groups is 1. The number of hydrogen-bond donors (Lipinski definition) is 1. The molecule has 5 nitrogen and oxygen atoms in total. The molecule has 0 radical (unpaired) electrons. The molecule has 1 atom stereocenters. The van der Waals surface area contributed by atoms with Gasteiger partial charge in [0, 0.05) is 17.3 Å². The van der Waals surface area contributed by atoms with E-state index in [1.807, 2.05) is 0 Å². The van der Waals surface area contributed by atoms with E-state index >= 15 is 0 Å². The van der Waals surface area contributed by atoms with Crippen molar-refractivity contribution in [2.75, 3.05) is 5.32 Å². The van der Waals surface area contributed by atoms with Gasteiger partial charge < -0.3 is 5.32 Å². The maximum atomic E-state index is 13.3. The van der Waals surface area contributed by atoms with Crippen LogP contribution in [0.2, 0.25) is 0 Å². The largest absolute Gasteiger partial charge is 0.417 e. The Balaban J connectivity index is 1.87. The van der Waals surface area contributed by atoms with Gasteiger partial charge in [0.15, 0.2) is 0 Å². The minimum atomic E-state index is -4.68. The molecule has 1 aromatic carbocycles. The number of nitrogens with one attached hydrogen (secondary N) is 1. The fraction of sp³-hybridized carbons (Fsp3) is 0.200. The van der Waals surface area contributed by atoms with Gasteiger partial charge in [0.05, 0.1) is 27.6 Å². The minimum Gasteiger partial charge on any atom is -0.324 e. The van der Waals surface area contributed by atoms with E-state index in [9.17, 15) is 23.2 Å². The third-order valence-electron chi connectivity index (χ3n) is 4.09. The Kier molecular flexibility index (Phi) is 5.75. The van der Waals surface area contributed by atoms with Crippen molar-refractivity contribution in [2.45, 2.75) is 30.3 Å². The molecule has 3 rings (SSSR count). The molecule has 2 aromatic heterocycles. The summed E-state index contributed by atoms with van der Waals surface area (Å²) >= 11 is 0.811. The first-order valence-corrected chi connectivity index (χ1v) is 9.39. The number of hydrogen-bond acceptors (Lipinski definition) is 5. The fourth-order valence-corrected chi connectivity index (χ4v) is 3.70. The molecule has 2 heterocycles. The van der Waals surface area contributed by atoms with Gasteiger partial charge in [0.1, 0.15) is 11.1 Å². The average molecular weight is 416 g/mol. The quantitative estimate of drug-likeness (QED) is 0.609. The van der Waals surface area contributed by atoms with Gasteiger partial charge in [-0.1, -0.05) is 17.8 Å². The monoisotopic (exact) mass is 416 g/mol. The Hall–Kier alpha value is -3.12. The Bertz CT molecular complexity index is 1120. The molecule has 0 aliphatic carbocycles. The van der Waals surface area contributed by atoms with E-state index in [0.29, 0.717) is 11.2 Å². The van der Waals surface area contributed by atoms with Gasteiger partial charge in [-0.15, -0.1) is 0 Å². The summed E-state index contributed by atoms with van der Waals surface area (Å²) in [6, 6.07) is 11.2. The predicted molar refractivity (Wildman–Crippen MR) is 104 cm³/mol. The van der Waals surface area contributed by atoms with Crippen molar-refractivity contribution >= 4 is 34.3 Å². The highest BCUT2D eigenvalue weighted by molar-refractivity contribution is 8.00. The van der Waals surface area contributed by atoms with E-state index < -0.39 is 28.5 Å². The van der Waals surface area contributed by atoms with Gasteiger partial charge in [-0.05, 0) is 44.2 Å². The van der Waals surface area contributed by atoms with Crippen molar-refractivity contribution in [1.82, 2.24) is 9.97 Å². The van der Waals surface area contributed by atoms with Crippen LogP contribution < -0.4 is 5.32 Å². The highest BCUT2D eigenvalue weighted by Crippen LogP contribution is 2.37. The number of amides is 1. The number of pyridine rings is 2. The first-order chi connectivity index (χ1) is 13.7. The number of rotatable bonds is 4. The molecule has 29 heavy (non-hydrogen) atoms. The molecule has 1 N–H and O–H groups in total. The van der Waals surface area contributed by atoms with Crippen molar-refractivity contribution in [3.8, 4) is 6.07 Å². The van der Waals surface area contributed by atoms with Crippen LogP contribution in [0, 0.1) is 18.3 Å². The lowest BCUT2D eigenvalue weighted by Crippen LogP contribution is -2.23. The minimum absolute atomic E-state index is 0.117. The lowest BCUT2D eigenvalue weighted by atomic mass is 10.1. The SMILES string of the molecule is Cc1cc(C(F)(F)F)c(C#N)c(SC(C)C(=O)Nc2cccc3ncccc23)n1. The van der Waals surface area contributed by atoms with E-state index in [-0.39, 0.29) is 10.7 Å². The Morgan fingerprint density at radius 3 is 2.72 bits per heavy atom. The van der Waals surface area contributed by atoms with Gasteiger partial charge in [-0.3, -0.25) is 9.78 Å². The van der Waals surface area contributed by atoms with Crippen LogP contribution in [0.3, 0.4) is 0 Å². The third-order valence-corrected chi connectivity index (χ3v) is 5.18. The topological polar surface area (TPSA) is 78.7 Å². The molecule has 148 valence electrons. The molecule has 0 spiro atoms. The molecule has 3 aromatic rings. The molecule has 0 bridgehead atoms. The summed E-state index contributed by atoms with van der Waals surface area (Å²) in [5, 5.41) is 11.8. The average Bonchev–Trinajstić information content (AvgIpc) is 2.67. The molecular weight excluding hydrogens is 401 g/mol. The fourth-order valence-electron chi connectivity index (χ4n) is 2.73. The Morgan fingerprint density at radius 2 is 2.03 bits per heavy atom. The van der Waals surface area contributed by atoms with Crippen LogP contribution in [0.25, 0.3) is 10.9 Å². The second-order valence-corrected chi connectivity index (χ2v) is 7.56. The first-order valence-electron chi connectivity index (χ1n) is 8.51. The zero-order valence-corrected chi connectivity index (χ0v) is 16.2. The molecule has 0 aliphatic rings. The summed E-state index contributed by atoms with van der Waals surface area (Å²) in [5.41, 5.74) is -0.273. The van der Waals surface area contributed by atoms with Crippen LogP contribution in [0.4, 0.5) is 18.9 Å². The number of anilines is 1. The van der Waals surface area contributed by atoms with E-state index in [0.717, 1.165) is 23.2 Å². The van der Waals surface area contributed by atoms with E-state index in [2.05, 4.69) is 15.3 Å². The van der Waals surface area contributed by atoms with E-state index in [1.165, 1.54) is 6.92 Å². The number of thioether (sulfide) groups is 1. The molecule has 0 fully saturated rings. The summed E-state index contributed by atoms with van der Waals surface area (Å²) < 4.78 is 39.8. The van der Waals surface area contributed by atoms with Crippen LogP contribution in [-0.2, 0) is 11.0 Å². The molecule has 1 unspecified atom stereocenters. The molecule has 1 amide bonds. The van der Waals surface area contributed by atoms with E-state index in [1.54, 1.807) is 49.5 Å². The lowest BCUT2D eigenvalue weighted by Gasteiger charge is -2.16. The normalized spacial score (nSPS) is 12.4. The molecule has 0 aliphatic heterocycles. The standard InChI is InChI=1S/C20H15F3N4OS/c1-11-9-15(20(21,22)23)14(10-24)19(26-11)29-12(2)18(28)27-17-7-3-6-16-13(17)5-4-8-25-16/h3-9,12H,1-2H3,(H,27,28). The maximum Gasteiger partial charge on any atom is 0.417 e. The summed E-state index contributed by atoms with van der Waals surface area (Å²) in [7, 11) is 0. The highest BCUT2D eigenvalue weighted by Gasteiger charge is 2.36. The zero-order chi connectivity index (χ0) is 21.2. The second-order valence-electron chi connectivity index (χ2n) is 6.23. The Morgan fingerprint density at radius 1 is 1.28 bits per heavy atom. The molecule has 0 saturated heterocycles. The van der Waals surface area contributed by atoms with Crippen LogP contribution in [0.5, 0.6) is 0 Å². The third kappa shape index (κ3) is 4.49. The van der Waals surface area contributed by atoms with Crippen LogP contribution in [-0.4, -0.2) is 21.1 Å². The van der Waals surface area contributed by atoms with Gasteiger partial charge in [-0.2, -0.15) is 18.4 Å². The molecular formula is C20H15F3N4OS. The van der Waals surface area contributed by atoms with Crippen molar-refractivity contribution in [3.05, 3.63) is 59.4 Å². The van der Waals surface area contributed by atoms with Gasteiger partial charge in [0.25, 0.3) is 0 Å². The highest BCUT2D eigenvalue weighted by atomic mass is 32.2. The number of nitriles is 1. The second kappa shape index (κ2) is 8.09. The molecule has 9 heteroatoms. The van der Waals surface area contributed by atoms with Gasteiger partial charge in [-0.25, -0.2) is 4.98 Å². The zero-order valence-electron chi connectivity index (χ0n) is 15.4. The molecule has 0 saturated carbocycles. The number of carbonyl (C=O) groups excluding carboxylic acids is 1. The summed E-state index contributed by atoms with van der Waals surface area (Å²) in [6.45, 7) is 2.95. The lowest BCUT2D eigenvalue weighted by molar-refractivity contribution is -0.138. The summed E-state index contributed by atoms with van der Waals surface area (Å²) in [5.74, 6) is -0.424. The summed E-state index contributed by atoms with van der Waals surface area (Å²) in [4.78, 5) is 20.9. The number of aryl methyl sites for hydroxylation is 1. The first kappa shape index (κ1) is 20.6. The Labute approximate surface area is 169 Å². The van der Waals surface area contributed by atoms with Crippen LogP contribution >= 0.6 is 11.8 Å². The van der Waals surface area contributed by atoms with Crippen molar-refractivity contribution in [2.24, 2.45) is 0 Å². The van der Waals surface area contributed by atoms with Crippen molar-refractivity contribution < 1.29 is 18.0 Å². The van der Waals surface area contributed by atoms with Gasteiger partial charge in [0.2, 0.25) is 5.91 Å². The van der Waals surface area contributed by atoms with Crippen molar-refractivity contribution in [3.63, 3.8) is 0 Å². The smallest absolute Gasteiger partial charge is 0.324 e. The number of aromatic nitrogens is 2. The summed E-state index contributed by atoms with van der Waals surface area (Å²) in [6.07, 6.45) is -3.05. The number of benzene rings is 1. The van der Waals surface area contributed by atoms with Crippen molar-refractivity contribution in [1.29, 1.82) is 5.26 Å². The van der Waals surface area contributed by atoms with Crippen LogP contribution in [0.1, 0.15) is 23.7 Å². The number of alkyl halides is 3. The number of fused-ring (bicyclic) bond motifs is 1. The van der Waals surface area contributed by atoms with Gasteiger partial charge >= 0.3 is 6.18 Å². The number of nitrogens with zero attached hydrogens (tertiary/aromatic N) is 3. The predicted octanol–water partition coefficient (Wildman–Crippen LogP) is 4.95.